The number of methoxy groups -OCH3 is 1. The molecule has 8 heteroatoms. The molecule has 1 aromatic carbocycles. The first-order valence-corrected chi connectivity index (χ1v) is 13.6. The lowest BCUT2D eigenvalue weighted by Gasteiger charge is -2.41. The molecule has 37 heavy (non-hydrogen) atoms. The van der Waals surface area contributed by atoms with Crippen LogP contribution in [0.1, 0.15) is 77.7 Å². The van der Waals surface area contributed by atoms with Gasteiger partial charge in [-0.2, -0.15) is 0 Å². The third kappa shape index (κ3) is 6.98. The zero-order valence-electron chi connectivity index (χ0n) is 23.7. The number of fused-ring (bicyclic) bond motifs is 1. The summed E-state index contributed by atoms with van der Waals surface area (Å²) < 4.78 is 19.1. The van der Waals surface area contributed by atoms with Crippen molar-refractivity contribution in [3.8, 4) is 5.75 Å². The molecule has 1 aliphatic heterocycles. The van der Waals surface area contributed by atoms with E-state index in [-0.39, 0.29) is 24.1 Å². The minimum Gasteiger partial charge on any atom is -0.491 e. The number of unbranched alkanes of at least 4 members (excludes halogenated alkanes) is 1. The fraction of sp³-hybridized carbons (Fsp3) is 0.655. The highest BCUT2D eigenvalue weighted by molar-refractivity contribution is 6.04. The van der Waals surface area contributed by atoms with Gasteiger partial charge >= 0.3 is 6.09 Å². The van der Waals surface area contributed by atoms with E-state index >= 15 is 0 Å². The smallest absolute Gasteiger partial charge is 0.410 e. The maximum absolute atomic E-state index is 14.4. The van der Waals surface area contributed by atoms with Crippen molar-refractivity contribution < 1.29 is 23.8 Å². The number of likely N-dealkylation sites (tertiary alicyclic amines) is 1. The van der Waals surface area contributed by atoms with E-state index in [1.807, 2.05) is 64.6 Å². The van der Waals surface area contributed by atoms with E-state index in [0.29, 0.717) is 44.3 Å². The summed E-state index contributed by atoms with van der Waals surface area (Å²) in [5.74, 6) is 0.581. The van der Waals surface area contributed by atoms with Crippen LogP contribution in [-0.4, -0.2) is 77.5 Å². The van der Waals surface area contributed by atoms with Gasteiger partial charge in [0, 0.05) is 44.8 Å². The molecule has 0 N–H and O–H groups in total. The summed E-state index contributed by atoms with van der Waals surface area (Å²) in [5, 5.41) is 0.946. The van der Waals surface area contributed by atoms with Gasteiger partial charge in [-0.05, 0) is 79.4 Å². The Morgan fingerprint density at radius 1 is 1.16 bits per heavy atom. The third-order valence-electron chi connectivity index (χ3n) is 6.63. The van der Waals surface area contributed by atoms with Crippen LogP contribution < -0.4 is 4.74 Å². The summed E-state index contributed by atoms with van der Waals surface area (Å²) >= 11 is 0. The average Bonchev–Trinajstić information content (AvgIpc) is 3.14. The number of ether oxygens (including phenoxy) is 3. The molecule has 2 heterocycles. The van der Waals surface area contributed by atoms with Crippen LogP contribution in [0.4, 0.5) is 4.79 Å². The minimum atomic E-state index is -0.562. The summed E-state index contributed by atoms with van der Waals surface area (Å²) in [6.07, 6.45) is 3.12. The number of rotatable bonds is 10. The lowest BCUT2D eigenvalue weighted by atomic mass is 10.0. The number of hydrogen-bond acceptors (Lipinski definition) is 5. The molecule has 1 aliphatic rings. The van der Waals surface area contributed by atoms with E-state index in [1.54, 1.807) is 12.0 Å². The summed E-state index contributed by atoms with van der Waals surface area (Å²) in [5.41, 5.74) is 1.02. The number of piperidine rings is 1. The number of carbonyl (C=O) groups excluding carboxylic acids is 2. The number of benzene rings is 1. The number of carbonyl (C=O) groups is 2. The fourth-order valence-corrected chi connectivity index (χ4v) is 5.14. The summed E-state index contributed by atoms with van der Waals surface area (Å²) in [6, 6.07) is 7.89. The first kappa shape index (κ1) is 28.8. The zero-order chi connectivity index (χ0) is 27.2. The molecular formula is C29H45N3O5. The maximum atomic E-state index is 14.4. The molecule has 0 radical (unpaired) electrons. The van der Waals surface area contributed by atoms with E-state index in [1.165, 1.54) is 0 Å². The second-order valence-electron chi connectivity index (χ2n) is 11.0. The van der Waals surface area contributed by atoms with Crippen molar-refractivity contribution in [2.75, 3.05) is 33.4 Å². The van der Waals surface area contributed by atoms with Crippen LogP contribution in [0.15, 0.2) is 24.3 Å². The Bertz CT molecular complexity index is 1060. The molecule has 1 aromatic heterocycles. The first-order chi connectivity index (χ1) is 17.6. The molecule has 3 rings (SSSR count). The van der Waals surface area contributed by atoms with E-state index in [0.717, 1.165) is 36.6 Å². The largest absolute Gasteiger partial charge is 0.491 e. The topological polar surface area (TPSA) is 73.2 Å². The van der Waals surface area contributed by atoms with Gasteiger partial charge < -0.3 is 28.6 Å². The monoisotopic (exact) mass is 515 g/mol. The van der Waals surface area contributed by atoms with E-state index < -0.39 is 5.60 Å². The summed E-state index contributed by atoms with van der Waals surface area (Å²) in [4.78, 5) is 31.0. The average molecular weight is 516 g/mol. The summed E-state index contributed by atoms with van der Waals surface area (Å²) in [6.45, 7) is 14.6. The number of nitrogens with zero attached hydrogens (tertiary/aromatic N) is 3. The van der Waals surface area contributed by atoms with Gasteiger partial charge in [-0.25, -0.2) is 4.79 Å². The predicted molar refractivity (Wildman–Crippen MR) is 146 cm³/mol. The highest BCUT2D eigenvalue weighted by Gasteiger charge is 2.37. The number of hydrogen-bond donors (Lipinski definition) is 0. The van der Waals surface area contributed by atoms with Gasteiger partial charge in [-0.15, -0.1) is 0 Å². The molecule has 2 amide bonds. The molecule has 206 valence electrons. The predicted octanol–water partition coefficient (Wildman–Crippen LogP) is 5.72. The Morgan fingerprint density at radius 2 is 1.89 bits per heavy atom. The van der Waals surface area contributed by atoms with Gasteiger partial charge in [-0.1, -0.05) is 12.1 Å². The standard InChI is InChI=1S/C29H45N3O5/c1-8-36-26-23-15-9-10-16-24(23)31(18-11-12-19-35-7)25(26)27(33)32(21(2)3)22-14-13-17-30(20-22)28(34)37-29(4,5)6/h9-10,15-16,21-22H,8,11-14,17-20H2,1-7H3/t22-/m1/s1. The normalized spacial score (nSPS) is 16.3. The zero-order valence-corrected chi connectivity index (χ0v) is 23.7. The van der Waals surface area contributed by atoms with Gasteiger partial charge in [0.1, 0.15) is 5.60 Å². The molecular weight excluding hydrogens is 470 g/mol. The Hall–Kier alpha value is -2.74. The molecule has 1 fully saturated rings. The van der Waals surface area contributed by atoms with Gasteiger partial charge in [0.25, 0.3) is 5.91 Å². The van der Waals surface area contributed by atoms with E-state index in [2.05, 4.69) is 10.6 Å². The Kier molecular flexibility index (Phi) is 9.87. The third-order valence-corrected chi connectivity index (χ3v) is 6.63. The van der Waals surface area contributed by atoms with Crippen molar-refractivity contribution in [1.82, 2.24) is 14.4 Å². The van der Waals surface area contributed by atoms with Gasteiger partial charge in [-0.3, -0.25) is 4.79 Å². The molecule has 8 nitrogen and oxygen atoms in total. The van der Waals surface area contributed by atoms with Crippen molar-refractivity contribution >= 4 is 22.9 Å². The highest BCUT2D eigenvalue weighted by Crippen LogP contribution is 2.36. The molecule has 2 aromatic rings. The van der Waals surface area contributed by atoms with Crippen molar-refractivity contribution in [2.24, 2.45) is 0 Å². The van der Waals surface area contributed by atoms with Crippen LogP contribution in [0, 0.1) is 0 Å². The molecule has 0 bridgehead atoms. The van der Waals surface area contributed by atoms with Crippen LogP contribution in [0.3, 0.4) is 0 Å². The molecule has 0 aliphatic carbocycles. The van der Waals surface area contributed by atoms with Crippen molar-refractivity contribution in [3.63, 3.8) is 0 Å². The van der Waals surface area contributed by atoms with Crippen LogP contribution >= 0.6 is 0 Å². The lowest BCUT2D eigenvalue weighted by Crippen LogP contribution is -2.54. The number of aryl methyl sites for hydroxylation is 1. The first-order valence-electron chi connectivity index (χ1n) is 13.6. The summed E-state index contributed by atoms with van der Waals surface area (Å²) in [7, 11) is 1.71. The Labute approximate surface area is 221 Å². The minimum absolute atomic E-state index is 0.0504. The number of para-hydroxylation sites is 1. The second kappa shape index (κ2) is 12.7. The highest BCUT2D eigenvalue weighted by atomic mass is 16.6. The van der Waals surface area contributed by atoms with E-state index in [9.17, 15) is 9.59 Å². The molecule has 0 spiro atoms. The van der Waals surface area contributed by atoms with E-state index in [4.69, 9.17) is 14.2 Å². The van der Waals surface area contributed by atoms with Crippen molar-refractivity contribution in [3.05, 3.63) is 30.0 Å². The number of aromatic nitrogens is 1. The Morgan fingerprint density at radius 3 is 2.54 bits per heavy atom. The van der Waals surface area contributed by atoms with Crippen LogP contribution in [0.25, 0.3) is 10.9 Å². The van der Waals surface area contributed by atoms with Crippen molar-refractivity contribution in [2.45, 2.75) is 91.5 Å². The molecule has 0 unspecified atom stereocenters. The van der Waals surface area contributed by atoms with Crippen molar-refractivity contribution in [1.29, 1.82) is 0 Å². The molecule has 1 atom stereocenters. The Balaban J connectivity index is 1.99. The fourth-order valence-electron chi connectivity index (χ4n) is 5.14. The SMILES string of the molecule is CCOc1c(C(=O)N(C(C)C)[C@@H]2CCCN(C(=O)OC(C)(C)C)C2)n(CCCCOC)c2ccccc12. The van der Waals surface area contributed by atoms with Crippen LogP contribution in [0.2, 0.25) is 0 Å². The van der Waals surface area contributed by atoms with Gasteiger partial charge in [0.05, 0.1) is 18.2 Å². The van der Waals surface area contributed by atoms with Crippen LogP contribution in [0.5, 0.6) is 5.75 Å². The quantitative estimate of drug-likeness (QED) is 0.379. The lowest BCUT2D eigenvalue weighted by molar-refractivity contribution is 0.00725. The second-order valence-corrected chi connectivity index (χ2v) is 11.0. The van der Waals surface area contributed by atoms with Gasteiger partial charge in [0.2, 0.25) is 0 Å². The number of amides is 2. The van der Waals surface area contributed by atoms with Gasteiger partial charge in [0.15, 0.2) is 11.4 Å². The molecule has 1 saturated heterocycles. The maximum Gasteiger partial charge on any atom is 0.410 e. The van der Waals surface area contributed by atoms with Crippen LogP contribution in [-0.2, 0) is 16.0 Å². The molecule has 0 saturated carbocycles.